The molecule has 3 aromatic carbocycles. The molecule has 0 unspecified atom stereocenters. The van der Waals surface area contributed by atoms with Crippen molar-refractivity contribution in [1.29, 1.82) is 0 Å². The standard InChI is InChI=1S/C28H30ClN3O3/c1-20-9-14-26(21(2)17-20)34-16-6-5-15-32-25-8-4-3-7-24(25)31-27(32)18-30-28(33)19-35-23-12-10-22(29)11-13-23/h3-4,7-14,17H,5-6,15-16,18-19H2,1-2H3,(H,30,33). The fraction of sp³-hybridized carbons (Fsp3) is 0.286. The van der Waals surface area contributed by atoms with Crippen LogP contribution in [0.3, 0.4) is 0 Å². The minimum Gasteiger partial charge on any atom is -0.493 e. The minimum absolute atomic E-state index is 0.0718. The van der Waals surface area contributed by atoms with Gasteiger partial charge < -0.3 is 19.4 Å². The highest BCUT2D eigenvalue weighted by atomic mass is 35.5. The minimum atomic E-state index is -0.208. The van der Waals surface area contributed by atoms with E-state index < -0.39 is 0 Å². The number of fused-ring (bicyclic) bond motifs is 1. The number of nitrogens with one attached hydrogen (secondary N) is 1. The van der Waals surface area contributed by atoms with Gasteiger partial charge in [0.2, 0.25) is 0 Å². The van der Waals surface area contributed by atoms with Gasteiger partial charge in [0.1, 0.15) is 17.3 Å². The van der Waals surface area contributed by atoms with E-state index in [1.165, 1.54) is 5.56 Å². The highest BCUT2D eigenvalue weighted by molar-refractivity contribution is 6.30. The van der Waals surface area contributed by atoms with Gasteiger partial charge in [-0.05, 0) is 74.7 Å². The van der Waals surface area contributed by atoms with Gasteiger partial charge in [-0.3, -0.25) is 4.79 Å². The molecule has 6 nitrogen and oxygen atoms in total. The van der Waals surface area contributed by atoms with Gasteiger partial charge in [-0.15, -0.1) is 0 Å². The molecule has 1 amide bonds. The lowest BCUT2D eigenvalue weighted by atomic mass is 10.1. The van der Waals surface area contributed by atoms with Crippen LogP contribution in [0.4, 0.5) is 0 Å². The molecule has 0 fully saturated rings. The van der Waals surface area contributed by atoms with Crippen molar-refractivity contribution in [3.8, 4) is 11.5 Å². The third-order valence-electron chi connectivity index (χ3n) is 5.72. The van der Waals surface area contributed by atoms with E-state index in [1.54, 1.807) is 24.3 Å². The van der Waals surface area contributed by atoms with Crippen molar-refractivity contribution >= 4 is 28.5 Å². The maximum atomic E-state index is 12.3. The second-order valence-electron chi connectivity index (χ2n) is 8.51. The largest absolute Gasteiger partial charge is 0.493 e. The maximum Gasteiger partial charge on any atom is 0.258 e. The van der Waals surface area contributed by atoms with Crippen molar-refractivity contribution in [2.45, 2.75) is 39.8 Å². The van der Waals surface area contributed by atoms with Gasteiger partial charge in [-0.2, -0.15) is 0 Å². The third-order valence-corrected chi connectivity index (χ3v) is 5.98. The van der Waals surface area contributed by atoms with Crippen molar-refractivity contribution in [2.24, 2.45) is 0 Å². The summed E-state index contributed by atoms with van der Waals surface area (Å²) in [5.41, 5.74) is 4.37. The number of rotatable bonds is 11. The second kappa shape index (κ2) is 11.8. The first-order valence-electron chi connectivity index (χ1n) is 11.8. The van der Waals surface area contributed by atoms with Crippen molar-refractivity contribution in [3.05, 3.63) is 88.7 Å². The molecule has 0 bridgehead atoms. The number of hydrogen-bond acceptors (Lipinski definition) is 4. The number of nitrogens with zero attached hydrogens (tertiary/aromatic N) is 2. The molecule has 1 N–H and O–H groups in total. The summed E-state index contributed by atoms with van der Waals surface area (Å²) in [6, 6.07) is 21.2. The van der Waals surface area contributed by atoms with Gasteiger partial charge >= 0.3 is 0 Å². The van der Waals surface area contributed by atoms with Crippen LogP contribution in [-0.2, 0) is 17.9 Å². The first kappa shape index (κ1) is 24.6. The molecule has 0 spiro atoms. The monoisotopic (exact) mass is 491 g/mol. The Kier molecular flexibility index (Phi) is 8.27. The average Bonchev–Trinajstić information content (AvgIpc) is 3.21. The van der Waals surface area contributed by atoms with Crippen LogP contribution >= 0.6 is 11.6 Å². The van der Waals surface area contributed by atoms with E-state index in [0.29, 0.717) is 23.9 Å². The molecule has 0 saturated heterocycles. The molecule has 182 valence electrons. The molecule has 1 aromatic heterocycles. The number of amides is 1. The van der Waals surface area contributed by atoms with Crippen molar-refractivity contribution in [3.63, 3.8) is 0 Å². The number of benzene rings is 3. The van der Waals surface area contributed by atoms with Crippen LogP contribution in [0.15, 0.2) is 66.7 Å². The van der Waals surface area contributed by atoms with E-state index in [1.807, 2.05) is 24.3 Å². The Morgan fingerprint density at radius 1 is 1.00 bits per heavy atom. The SMILES string of the molecule is Cc1ccc(OCCCCn2c(CNC(=O)COc3ccc(Cl)cc3)nc3ccccc32)c(C)c1. The number of aryl methyl sites for hydroxylation is 3. The van der Waals surface area contributed by atoms with Gasteiger partial charge in [0.25, 0.3) is 5.91 Å². The summed E-state index contributed by atoms with van der Waals surface area (Å²) < 4.78 is 13.7. The molecule has 7 heteroatoms. The summed E-state index contributed by atoms with van der Waals surface area (Å²) in [5, 5.41) is 3.54. The number of ether oxygens (including phenoxy) is 2. The van der Waals surface area contributed by atoms with E-state index in [9.17, 15) is 4.79 Å². The van der Waals surface area contributed by atoms with Crippen molar-refractivity contribution < 1.29 is 14.3 Å². The molecule has 0 radical (unpaired) electrons. The van der Waals surface area contributed by atoms with E-state index in [0.717, 1.165) is 47.6 Å². The second-order valence-corrected chi connectivity index (χ2v) is 8.95. The predicted molar refractivity (Wildman–Crippen MR) is 139 cm³/mol. The Morgan fingerprint density at radius 2 is 1.80 bits per heavy atom. The molecule has 1 heterocycles. The van der Waals surface area contributed by atoms with Crippen LogP contribution in [0.25, 0.3) is 11.0 Å². The number of halogens is 1. The van der Waals surface area contributed by atoms with Gasteiger partial charge in [0.15, 0.2) is 6.61 Å². The number of para-hydroxylation sites is 2. The van der Waals surface area contributed by atoms with Crippen LogP contribution < -0.4 is 14.8 Å². The zero-order valence-electron chi connectivity index (χ0n) is 20.1. The van der Waals surface area contributed by atoms with E-state index >= 15 is 0 Å². The van der Waals surface area contributed by atoms with Gasteiger partial charge in [0.05, 0.1) is 24.2 Å². The maximum absolute atomic E-state index is 12.3. The van der Waals surface area contributed by atoms with E-state index in [2.05, 4.69) is 41.9 Å². The van der Waals surface area contributed by atoms with Crippen LogP contribution in [0.2, 0.25) is 5.02 Å². The molecule has 0 aliphatic rings. The van der Waals surface area contributed by atoms with Crippen LogP contribution in [0.5, 0.6) is 11.5 Å². The van der Waals surface area contributed by atoms with E-state index in [-0.39, 0.29) is 12.5 Å². The number of hydrogen-bond donors (Lipinski definition) is 1. The Labute approximate surface area is 210 Å². The number of carbonyl (C=O) groups is 1. The molecule has 35 heavy (non-hydrogen) atoms. The normalized spacial score (nSPS) is 10.9. The van der Waals surface area contributed by atoms with Crippen LogP contribution in [0, 0.1) is 13.8 Å². The first-order chi connectivity index (χ1) is 17.0. The van der Waals surface area contributed by atoms with Gasteiger partial charge in [0, 0.05) is 11.6 Å². The van der Waals surface area contributed by atoms with Crippen LogP contribution in [-0.4, -0.2) is 28.7 Å². The molecule has 0 aliphatic heterocycles. The predicted octanol–water partition coefficient (Wildman–Crippen LogP) is 5.86. The van der Waals surface area contributed by atoms with Crippen molar-refractivity contribution in [1.82, 2.24) is 14.9 Å². The molecule has 0 saturated carbocycles. The number of carbonyl (C=O) groups excluding carboxylic acids is 1. The summed E-state index contributed by atoms with van der Waals surface area (Å²) in [5.74, 6) is 2.15. The lowest BCUT2D eigenvalue weighted by molar-refractivity contribution is -0.123. The molecule has 0 aliphatic carbocycles. The molecule has 4 rings (SSSR count). The highest BCUT2D eigenvalue weighted by Crippen LogP contribution is 2.20. The number of aromatic nitrogens is 2. The quantitative estimate of drug-likeness (QED) is 0.267. The number of imidazole rings is 1. The van der Waals surface area contributed by atoms with Crippen molar-refractivity contribution in [2.75, 3.05) is 13.2 Å². The highest BCUT2D eigenvalue weighted by Gasteiger charge is 2.12. The third kappa shape index (κ3) is 6.76. The molecular formula is C28H30ClN3O3. The number of unbranched alkanes of at least 4 members (excludes halogenated alkanes) is 1. The summed E-state index contributed by atoms with van der Waals surface area (Å²) in [4.78, 5) is 17.1. The Hall–Kier alpha value is -3.51. The van der Waals surface area contributed by atoms with E-state index in [4.69, 9.17) is 26.1 Å². The lowest BCUT2D eigenvalue weighted by Gasteiger charge is -2.12. The smallest absolute Gasteiger partial charge is 0.258 e. The Morgan fingerprint density at radius 3 is 2.60 bits per heavy atom. The average molecular weight is 492 g/mol. The topological polar surface area (TPSA) is 65.4 Å². The summed E-state index contributed by atoms with van der Waals surface area (Å²) >= 11 is 5.88. The summed E-state index contributed by atoms with van der Waals surface area (Å²) in [7, 11) is 0. The summed E-state index contributed by atoms with van der Waals surface area (Å²) in [6.07, 6.45) is 1.85. The first-order valence-corrected chi connectivity index (χ1v) is 12.2. The van der Waals surface area contributed by atoms with Gasteiger partial charge in [-0.1, -0.05) is 41.4 Å². The molecular weight excluding hydrogens is 462 g/mol. The van der Waals surface area contributed by atoms with Gasteiger partial charge in [-0.25, -0.2) is 4.98 Å². The molecule has 4 aromatic rings. The zero-order valence-corrected chi connectivity index (χ0v) is 20.8. The summed E-state index contributed by atoms with van der Waals surface area (Å²) in [6.45, 7) is 5.86. The van der Waals surface area contributed by atoms with Crippen LogP contribution in [0.1, 0.15) is 29.8 Å². The Bertz CT molecular complexity index is 1280. The molecule has 0 atom stereocenters. The zero-order chi connectivity index (χ0) is 24.6. The Balaban J connectivity index is 1.30. The fourth-order valence-corrected chi connectivity index (χ4v) is 4.06. The lowest BCUT2D eigenvalue weighted by Crippen LogP contribution is -2.29. The fourth-order valence-electron chi connectivity index (χ4n) is 3.93.